The Bertz CT molecular complexity index is 1170. The number of aromatic carboxylic acids is 1. The molecule has 0 unspecified atom stereocenters. The second kappa shape index (κ2) is 8.82. The lowest BCUT2D eigenvalue weighted by molar-refractivity contribution is 0.0685. The van der Waals surface area contributed by atoms with Crippen LogP contribution in [0.4, 0.5) is 4.39 Å². The predicted octanol–water partition coefficient (Wildman–Crippen LogP) is 5.69. The molecule has 0 amide bonds. The molecular formula is C25H22FNO3. The van der Waals surface area contributed by atoms with E-state index < -0.39 is 5.97 Å². The van der Waals surface area contributed by atoms with E-state index in [0.717, 1.165) is 18.4 Å². The maximum atomic E-state index is 13.9. The number of nitrogens with zero attached hydrogens (tertiary/aromatic N) is 1. The minimum atomic E-state index is -0.981. The molecule has 0 fully saturated rings. The number of aromatic nitrogens is 1. The van der Waals surface area contributed by atoms with Crippen LogP contribution < -0.4 is 4.74 Å². The molecule has 3 aromatic carbocycles. The van der Waals surface area contributed by atoms with Crippen LogP contribution in [0.5, 0.6) is 5.75 Å². The number of carboxylic acids is 1. The highest BCUT2D eigenvalue weighted by atomic mass is 19.1. The van der Waals surface area contributed by atoms with Gasteiger partial charge in [-0.2, -0.15) is 0 Å². The van der Waals surface area contributed by atoms with Crippen molar-refractivity contribution >= 4 is 16.9 Å². The summed E-state index contributed by atoms with van der Waals surface area (Å²) in [5, 5.41) is 10.4. The zero-order valence-electron chi connectivity index (χ0n) is 16.4. The fourth-order valence-electron chi connectivity index (χ4n) is 3.66. The van der Waals surface area contributed by atoms with Gasteiger partial charge in [0, 0.05) is 17.5 Å². The fourth-order valence-corrected chi connectivity index (χ4v) is 3.66. The summed E-state index contributed by atoms with van der Waals surface area (Å²) in [6, 6.07) is 23.7. The molecule has 152 valence electrons. The van der Waals surface area contributed by atoms with Gasteiger partial charge >= 0.3 is 5.97 Å². The van der Waals surface area contributed by atoms with Gasteiger partial charge in [-0.1, -0.05) is 54.6 Å². The van der Waals surface area contributed by atoms with Gasteiger partial charge in [0.2, 0.25) is 0 Å². The zero-order valence-corrected chi connectivity index (χ0v) is 16.4. The van der Waals surface area contributed by atoms with Gasteiger partial charge in [0.25, 0.3) is 0 Å². The van der Waals surface area contributed by atoms with Crippen molar-refractivity contribution in [2.24, 2.45) is 0 Å². The molecule has 4 rings (SSSR count). The summed E-state index contributed by atoms with van der Waals surface area (Å²) in [6.07, 6.45) is 1.68. The van der Waals surface area contributed by atoms with Crippen LogP contribution in [-0.2, 0) is 19.6 Å². The smallest absolute Gasteiger partial charge is 0.352 e. The Morgan fingerprint density at radius 2 is 1.73 bits per heavy atom. The molecule has 0 atom stereocenters. The maximum absolute atomic E-state index is 13.9. The van der Waals surface area contributed by atoms with Crippen molar-refractivity contribution in [2.75, 3.05) is 0 Å². The molecule has 1 N–H and O–H groups in total. The van der Waals surface area contributed by atoms with Crippen LogP contribution in [-0.4, -0.2) is 15.6 Å². The molecule has 1 aromatic heterocycles. The van der Waals surface area contributed by atoms with Crippen LogP contribution in [0.15, 0.2) is 78.9 Å². The van der Waals surface area contributed by atoms with E-state index in [1.165, 1.54) is 11.6 Å². The van der Waals surface area contributed by atoms with Crippen molar-refractivity contribution in [2.45, 2.75) is 26.0 Å². The number of carbonyl (C=O) groups is 1. The Hall–Kier alpha value is -3.60. The number of fused-ring (bicyclic) bond motifs is 1. The standard InChI is InChI=1S/C25H22FNO3/c26-21-12-5-4-11-19(21)17-30-24-14-6-13-22-20(24)16-23(25(28)29)27(22)15-7-10-18-8-2-1-3-9-18/h1-6,8-9,11-14,16H,7,10,15,17H2,(H,28,29). The summed E-state index contributed by atoms with van der Waals surface area (Å²) in [5.74, 6) is -0.764. The quantitative estimate of drug-likeness (QED) is 0.411. The van der Waals surface area contributed by atoms with Gasteiger partial charge in [-0.15, -0.1) is 0 Å². The molecule has 5 heteroatoms. The lowest BCUT2D eigenvalue weighted by atomic mass is 10.1. The number of carboxylic acid groups (broad SMARTS) is 1. The van der Waals surface area contributed by atoms with Crippen molar-refractivity contribution in [3.8, 4) is 5.75 Å². The SMILES string of the molecule is O=C(O)c1cc2c(OCc3ccccc3F)cccc2n1CCCc1ccccc1. The first-order chi connectivity index (χ1) is 14.6. The average Bonchev–Trinajstić information content (AvgIpc) is 3.14. The molecule has 0 aliphatic rings. The molecule has 30 heavy (non-hydrogen) atoms. The van der Waals surface area contributed by atoms with E-state index in [-0.39, 0.29) is 18.1 Å². The summed E-state index contributed by atoms with van der Waals surface area (Å²) in [5.41, 5.74) is 2.70. The number of aryl methyl sites for hydroxylation is 2. The monoisotopic (exact) mass is 403 g/mol. The Balaban J connectivity index is 1.59. The second-order valence-electron chi connectivity index (χ2n) is 7.14. The Labute approximate surface area is 174 Å². The van der Waals surface area contributed by atoms with Crippen LogP contribution in [0.1, 0.15) is 28.0 Å². The third kappa shape index (κ3) is 4.20. The number of hydrogen-bond donors (Lipinski definition) is 1. The van der Waals surface area contributed by atoms with Gasteiger partial charge in [0.15, 0.2) is 0 Å². The Morgan fingerprint density at radius 3 is 2.50 bits per heavy atom. The molecule has 0 bridgehead atoms. The van der Waals surface area contributed by atoms with E-state index in [1.54, 1.807) is 30.3 Å². The summed E-state index contributed by atoms with van der Waals surface area (Å²) < 4.78 is 21.6. The van der Waals surface area contributed by atoms with Gasteiger partial charge in [-0.3, -0.25) is 0 Å². The Morgan fingerprint density at radius 1 is 0.967 bits per heavy atom. The summed E-state index contributed by atoms with van der Waals surface area (Å²) >= 11 is 0. The van der Waals surface area contributed by atoms with E-state index in [4.69, 9.17) is 4.74 Å². The third-order valence-electron chi connectivity index (χ3n) is 5.16. The lowest BCUT2D eigenvalue weighted by Crippen LogP contribution is -2.09. The van der Waals surface area contributed by atoms with E-state index in [2.05, 4.69) is 12.1 Å². The number of rotatable bonds is 8. The first kappa shape index (κ1) is 19.7. The van der Waals surface area contributed by atoms with Gasteiger partial charge in [-0.05, 0) is 42.7 Å². The van der Waals surface area contributed by atoms with Crippen molar-refractivity contribution in [3.05, 3.63) is 102 Å². The van der Waals surface area contributed by atoms with Crippen LogP contribution in [0.3, 0.4) is 0 Å². The first-order valence-corrected chi connectivity index (χ1v) is 9.89. The van der Waals surface area contributed by atoms with Crippen molar-refractivity contribution in [1.29, 1.82) is 0 Å². The molecule has 4 aromatic rings. The summed E-state index contributed by atoms with van der Waals surface area (Å²) in [6.45, 7) is 0.657. The largest absolute Gasteiger partial charge is 0.488 e. The second-order valence-corrected chi connectivity index (χ2v) is 7.14. The molecule has 0 saturated carbocycles. The number of ether oxygens (including phenoxy) is 1. The molecule has 0 saturated heterocycles. The highest BCUT2D eigenvalue weighted by molar-refractivity contribution is 5.97. The van der Waals surface area contributed by atoms with Crippen LogP contribution in [0, 0.1) is 5.82 Å². The molecule has 0 radical (unpaired) electrons. The van der Waals surface area contributed by atoms with Gasteiger partial charge < -0.3 is 14.4 Å². The molecule has 0 aliphatic carbocycles. The number of hydrogen-bond acceptors (Lipinski definition) is 2. The van der Waals surface area contributed by atoms with E-state index in [9.17, 15) is 14.3 Å². The summed E-state index contributed by atoms with van der Waals surface area (Å²) in [4.78, 5) is 11.8. The molecule has 1 heterocycles. The van der Waals surface area contributed by atoms with E-state index >= 15 is 0 Å². The molecular weight excluding hydrogens is 381 g/mol. The average molecular weight is 403 g/mol. The lowest BCUT2D eigenvalue weighted by Gasteiger charge is -2.11. The minimum Gasteiger partial charge on any atom is -0.488 e. The Kier molecular flexibility index (Phi) is 5.80. The van der Waals surface area contributed by atoms with Crippen molar-refractivity contribution in [1.82, 2.24) is 4.57 Å². The zero-order chi connectivity index (χ0) is 20.9. The van der Waals surface area contributed by atoms with Gasteiger partial charge in [0.1, 0.15) is 23.9 Å². The van der Waals surface area contributed by atoms with Crippen LogP contribution in [0.2, 0.25) is 0 Å². The minimum absolute atomic E-state index is 0.0768. The molecule has 0 aliphatic heterocycles. The van der Waals surface area contributed by atoms with Crippen LogP contribution in [0.25, 0.3) is 10.9 Å². The number of benzene rings is 3. The van der Waals surface area contributed by atoms with Crippen LogP contribution >= 0.6 is 0 Å². The normalized spacial score (nSPS) is 11.0. The third-order valence-corrected chi connectivity index (χ3v) is 5.16. The summed E-state index contributed by atoms with van der Waals surface area (Å²) in [7, 11) is 0. The maximum Gasteiger partial charge on any atom is 0.352 e. The van der Waals surface area contributed by atoms with Gasteiger partial charge in [0.05, 0.1) is 5.52 Å². The molecule has 4 nitrogen and oxygen atoms in total. The predicted molar refractivity (Wildman–Crippen MR) is 114 cm³/mol. The van der Waals surface area contributed by atoms with E-state index in [0.29, 0.717) is 23.2 Å². The van der Waals surface area contributed by atoms with E-state index in [1.807, 2.05) is 34.9 Å². The van der Waals surface area contributed by atoms with Crippen molar-refractivity contribution < 1.29 is 19.0 Å². The highest BCUT2D eigenvalue weighted by Gasteiger charge is 2.17. The fraction of sp³-hybridized carbons (Fsp3) is 0.160. The first-order valence-electron chi connectivity index (χ1n) is 9.89. The van der Waals surface area contributed by atoms with Gasteiger partial charge in [-0.25, -0.2) is 9.18 Å². The molecule has 0 spiro atoms. The topological polar surface area (TPSA) is 51.5 Å². The van der Waals surface area contributed by atoms with Crippen molar-refractivity contribution in [3.63, 3.8) is 0 Å². The highest BCUT2D eigenvalue weighted by Crippen LogP contribution is 2.30. The number of halogens is 1.